The molecule has 0 saturated heterocycles. The minimum absolute atomic E-state index is 0.00239. The van der Waals surface area contributed by atoms with Crippen molar-refractivity contribution in [2.75, 3.05) is 0 Å². The van der Waals surface area contributed by atoms with E-state index in [1.54, 1.807) is 6.92 Å². The third kappa shape index (κ3) is 10.7. The molecule has 0 aliphatic rings. The van der Waals surface area contributed by atoms with Crippen LogP contribution < -0.4 is 4.74 Å². The molecule has 1 aromatic carbocycles. The standard InChI is InChI=1S/C26H42O5/c1-9-21(16-15-18(2)3)24(30-22-13-11-10-12-14-22)20(5)29-25(28)19(4)17-23(27)31-26(6,7)8/h10-14,18-21,24H,9,15-17H2,1-8H3/t19-,20+,21+,24-/m1/s1. The summed E-state index contributed by atoms with van der Waals surface area (Å²) in [5.74, 6) is 0.235. The molecule has 0 heterocycles. The molecule has 0 unspecified atom stereocenters. The lowest BCUT2D eigenvalue weighted by Crippen LogP contribution is -2.41. The van der Waals surface area contributed by atoms with Gasteiger partial charge in [-0.3, -0.25) is 9.59 Å². The first-order valence-electron chi connectivity index (χ1n) is 11.6. The summed E-state index contributed by atoms with van der Waals surface area (Å²) in [6.07, 6.45) is 2.32. The Morgan fingerprint density at radius 1 is 0.968 bits per heavy atom. The van der Waals surface area contributed by atoms with Crippen LogP contribution in [-0.4, -0.2) is 29.7 Å². The third-order valence-corrected chi connectivity index (χ3v) is 5.18. The van der Waals surface area contributed by atoms with E-state index in [2.05, 4.69) is 20.8 Å². The first-order valence-corrected chi connectivity index (χ1v) is 11.6. The Hall–Kier alpha value is -2.04. The maximum Gasteiger partial charge on any atom is 0.309 e. The van der Waals surface area contributed by atoms with E-state index in [1.807, 2.05) is 58.0 Å². The minimum Gasteiger partial charge on any atom is -0.486 e. The van der Waals surface area contributed by atoms with Crippen molar-refractivity contribution >= 4 is 11.9 Å². The number of rotatable bonds is 12. The number of para-hydroxylation sites is 1. The predicted molar refractivity (Wildman–Crippen MR) is 124 cm³/mol. The minimum atomic E-state index is -0.578. The molecule has 0 radical (unpaired) electrons. The fourth-order valence-electron chi connectivity index (χ4n) is 3.46. The van der Waals surface area contributed by atoms with Gasteiger partial charge in [-0.05, 0) is 64.5 Å². The van der Waals surface area contributed by atoms with Gasteiger partial charge in [0.05, 0.1) is 12.3 Å². The van der Waals surface area contributed by atoms with Crippen molar-refractivity contribution in [3.8, 4) is 5.75 Å². The van der Waals surface area contributed by atoms with Crippen molar-refractivity contribution in [3.63, 3.8) is 0 Å². The van der Waals surface area contributed by atoms with Crippen LogP contribution in [0.15, 0.2) is 30.3 Å². The number of benzene rings is 1. The molecule has 0 aromatic heterocycles. The smallest absolute Gasteiger partial charge is 0.309 e. The number of hydrogen-bond donors (Lipinski definition) is 0. The lowest BCUT2D eigenvalue weighted by Gasteiger charge is -2.32. The highest BCUT2D eigenvalue weighted by Crippen LogP contribution is 2.27. The van der Waals surface area contributed by atoms with Gasteiger partial charge < -0.3 is 14.2 Å². The summed E-state index contributed by atoms with van der Waals surface area (Å²) in [6, 6.07) is 9.64. The zero-order valence-corrected chi connectivity index (χ0v) is 20.6. The predicted octanol–water partition coefficient (Wildman–Crippen LogP) is 6.20. The molecule has 0 spiro atoms. The van der Waals surface area contributed by atoms with Gasteiger partial charge in [0.2, 0.25) is 0 Å². The van der Waals surface area contributed by atoms with Gasteiger partial charge in [0.15, 0.2) is 0 Å². The van der Waals surface area contributed by atoms with Gasteiger partial charge in [-0.25, -0.2) is 0 Å². The summed E-state index contributed by atoms with van der Waals surface area (Å²) in [5.41, 5.74) is -0.576. The Bertz CT molecular complexity index is 662. The van der Waals surface area contributed by atoms with Crippen LogP contribution in [-0.2, 0) is 19.1 Å². The van der Waals surface area contributed by atoms with Gasteiger partial charge in [0.25, 0.3) is 0 Å². The highest BCUT2D eigenvalue weighted by molar-refractivity contribution is 5.79. The second-order valence-electron chi connectivity index (χ2n) is 9.87. The number of carbonyl (C=O) groups excluding carboxylic acids is 2. The summed E-state index contributed by atoms with van der Waals surface area (Å²) >= 11 is 0. The maximum atomic E-state index is 12.7. The average molecular weight is 435 g/mol. The topological polar surface area (TPSA) is 61.8 Å². The highest BCUT2D eigenvalue weighted by atomic mass is 16.6. The second-order valence-corrected chi connectivity index (χ2v) is 9.87. The van der Waals surface area contributed by atoms with Crippen LogP contribution in [0.25, 0.3) is 0 Å². The van der Waals surface area contributed by atoms with Gasteiger partial charge in [-0.2, -0.15) is 0 Å². The van der Waals surface area contributed by atoms with Crippen LogP contribution in [0.5, 0.6) is 5.75 Å². The monoisotopic (exact) mass is 434 g/mol. The van der Waals surface area contributed by atoms with Crippen LogP contribution in [0, 0.1) is 17.8 Å². The van der Waals surface area contributed by atoms with Gasteiger partial charge in [0, 0.05) is 0 Å². The molecule has 0 aliphatic heterocycles. The van der Waals surface area contributed by atoms with E-state index < -0.39 is 29.6 Å². The van der Waals surface area contributed by atoms with Gasteiger partial charge in [-0.15, -0.1) is 0 Å². The van der Waals surface area contributed by atoms with Crippen molar-refractivity contribution in [1.82, 2.24) is 0 Å². The first-order chi connectivity index (χ1) is 14.4. The molecule has 5 nitrogen and oxygen atoms in total. The molecular formula is C26H42O5. The molecule has 1 rings (SSSR count). The van der Waals surface area contributed by atoms with E-state index >= 15 is 0 Å². The summed E-state index contributed by atoms with van der Waals surface area (Å²) in [5, 5.41) is 0. The number of ether oxygens (including phenoxy) is 3. The quantitative estimate of drug-likeness (QED) is 0.367. The van der Waals surface area contributed by atoms with Gasteiger partial charge in [0.1, 0.15) is 23.6 Å². The van der Waals surface area contributed by atoms with Gasteiger partial charge >= 0.3 is 11.9 Å². The summed E-state index contributed by atoms with van der Waals surface area (Å²) < 4.78 is 17.4. The fraction of sp³-hybridized carbons (Fsp3) is 0.692. The SMILES string of the molecule is CC[C@@H](CCC(C)C)[C@H](Oc1ccccc1)[C@H](C)OC(=O)[C@H](C)CC(=O)OC(C)(C)C. The summed E-state index contributed by atoms with van der Waals surface area (Å²) in [4.78, 5) is 24.8. The number of hydrogen-bond acceptors (Lipinski definition) is 5. The second kappa shape index (κ2) is 12.7. The maximum absolute atomic E-state index is 12.7. The first kappa shape index (κ1) is 27.0. The fourth-order valence-corrected chi connectivity index (χ4v) is 3.46. The zero-order valence-electron chi connectivity index (χ0n) is 20.6. The van der Waals surface area contributed by atoms with Crippen molar-refractivity contribution in [3.05, 3.63) is 30.3 Å². The molecule has 0 aliphatic carbocycles. The molecular weight excluding hydrogens is 392 g/mol. The van der Waals surface area contributed by atoms with Crippen molar-refractivity contribution in [1.29, 1.82) is 0 Å². The lowest BCUT2D eigenvalue weighted by molar-refractivity contribution is -0.166. The molecule has 0 bridgehead atoms. The Balaban J connectivity index is 2.86. The van der Waals surface area contributed by atoms with Crippen molar-refractivity contribution in [2.24, 2.45) is 17.8 Å². The van der Waals surface area contributed by atoms with Gasteiger partial charge in [-0.1, -0.05) is 52.3 Å². The van der Waals surface area contributed by atoms with Crippen molar-refractivity contribution in [2.45, 2.75) is 98.9 Å². The van der Waals surface area contributed by atoms with Crippen LogP contribution in [0.1, 0.15) is 81.1 Å². The molecule has 0 N–H and O–H groups in total. The Kier molecular flexibility index (Phi) is 11.1. The zero-order chi connectivity index (χ0) is 23.6. The Morgan fingerprint density at radius 2 is 1.58 bits per heavy atom. The third-order valence-electron chi connectivity index (χ3n) is 5.18. The summed E-state index contributed by atoms with van der Waals surface area (Å²) in [7, 11) is 0. The number of carbonyl (C=O) groups is 2. The highest BCUT2D eigenvalue weighted by Gasteiger charge is 2.32. The van der Waals surface area contributed by atoms with E-state index in [4.69, 9.17) is 14.2 Å². The molecule has 4 atom stereocenters. The largest absolute Gasteiger partial charge is 0.486 e. The summed E-state index contributed by atoms with van der Waals surface area (Å²) in [6.45, 7) is 15.6. The average Bonchev–Trinajstić information content (AvgIpc) is 2.66. The molecule has 1 aromatic rings. The molecule has 0 fully saturated rings. The molecule has 31 heavy (non-hydrogen) atoms. The van der Waals surface area contributed by atoms with Crippen molar-refractivity contribution < 1.29 is 23.8 Å². The van der Waals surface area contributed by atoms with E-state index in [0.717, 1.165) is 25.0 Å². The van der Waals surface area contributed by atoms with Crippen LogP contribution in [0.2, 0.25) is 0 Å². The van der Waals surface area contributed by atoms with E-state index in [1.165, 1.54) is 0 Å². The molecule has 176 valence electrons. The molecule has 0 saturated carbocycles. The van der Waals surface area contributed by atoms with E-state index in [0.29, 0.717) is 5.92 Å². The van der Waals surface area contributed by atoms with Crippen LogP contribution >= 0.6 is 0 Å². The Morgan fingerprint density at radius 3 is 2.10 bits per heavy atom. The Labute approximate surface area is 188 Å². The van der Waals surface area contributed by atoms with E-state index in [-0.39, 0.29) is 18.4 Å². The van der Waals surface area contributed by atoms with E-state index in [9.17, 15) is 9.59 Å². The molecule has 5 heteroatoms. The van der Waals surface area contributed by atoms with Crippen LogP contribution in [0.4, 0.5) is 0 Å². The normalized spacial score (nSPS) is 15.6. The van der Waals surface area contributed by atoms with Crippen LogP contribution in [0.3, 0.4) is 0 Å². The number of esters is 2. The molecule has 0 amide bonds. The lowest BCUT2D eigenvalue weighted by atomic mass is 9.88.